The van der Waals surface area contributed by atoms with Crippen LogP contribution in [0.4, 0.5) is 10.5 Å². The van der Waals surface area contributed by atoms with E-state index in [1.165, 1.54) is 18.2 Å². The molecule has 0 heterocycles. The molecule has 19 heavy (non-hydrogen) atoms. The largest absolute Gasteiger partial charge is 0.478 e. The molecular weight excluding hydrogens is 268 g/mol. The lowest BCUT2D eigenvalue weighted by molar-refractivity contribution is 0.0697. The molecule has 0 aliphatic heterocycles. The van der Waals surface area contributed by atoms with Crippen LogP contribution < -0.4 is 10.6 Å². The number of aromatic carboxylic acids is 1. The van der Waals surface area contributed by atoms with E-state index >= 15 is 0 Å². The topological polar surface area (TPSA) is 78.4 Å². The number of halogens is 1. The Bertz CT molecular complexity index is 513. The summed E-state index contributed by atoms with van der Waals surface area (Å²) >= 11 is 5.82. The van der Waals surface area contributed by atoms with Crippen molar-refractivity contribution < 1.29 is 14.7 Å². The zero-order valence-corrected chi connectivity index (χ0v) is 11.2. The molecule has 1 aromatic rings. The Kier molecular flexibility index (Phi) is 3.95. The predicted octanol–water partition coefficient (Wildman–Crippen LogP) is 2.96. The van der Waals surface area contributed by atoms with Crippen LogP contribution in [-0.2, 0) is 0 Å². The number of carboxylic acids is 1. The molecule has 1 fully saturated rings. The van der Waals surface area contributed by atoms with Gasteiger partial charge in [0.2, 0.25) is 0 Å². The summed E-state index contributed by atoms with van der Waals surface area (Å²) in [4.78, 5) is 22.5. The van der Waals surface area contributed by atoms with Crippen molar-refractivity contribution in [3.05, 3.63) is 28.8 Å². The van der Waals surface area contributed by atoms with Crippen LogP contribution >= 0.6 is 11.6 Å². The third kappa shape index (κ3) is 3.38. The Labute approximate surface area is 116 Å². The molecule has 1 aliphatic carbocycles. The maximum atomic E-state index is 11.7. The molecule has 3 N–H and O–H groups in total. The highest BCUT2D eigenvalue weighted by Crippen LogP contribution is 2.26. The van der Waals surface area contributed by atoms with E-state index in [0.717, 1.165) is 12.8 Å². The second-order valence-electron chi connectivity index (χ2n) is 4.87. The van der Waals surface area contributed by atoms with Crippen LogP contribution in [0.5, 0.6) is 0 Å². The average molecular weight is 283 g/mol. The number of carbonyl (C=O) groups excluding carboxylic acids is 1. The number of carboxylic acid groups (broad SMARTS) is 1. The van der Waals surface area contributed by atoms with E-state index in [9.17, 15) is 9.59 Å². The predicted molar refractivity (Wildman–Crippen MR) is 72.8 cm³/mol. The molecule has 1 aliphatic rings. The first-order valence-electron chi connectivity index (χ1n) is 6.06. The van der Waals surface area contributed by atoms with Gasteiger partial charge in [0.1, 0.15) is 0 Å². The summed E-state index contributed by atoms with van der Waals surface area (Å²) in [6.45, 7) is 2.14. The quantitative estimate of drug-likeness (QED) is 0.797. The number of benzene rings is 1. The van der Waals surface area contributed by atoms with Crippen LogP contribution in [-0.4, -0.2) is 23.1 Å². The van der Waals surface area contributed by atoms with Crippen LogP contribution in [0.15, 0.2) is 18.2 Å². The minimum atomic E-state index is -1.09. The number of urea groups is 1. The lowest BCUT2D eigenvalue weighted by atomic mass is 9.82. The highest BCUT2D eigenvalue weighted by Gasteiger charge is 2.26. The summed E-state index contributed by atoms with van der Waals surface area (Å²) in [5, 5.41) is 14.4. The van der Waals surface area contributed by atoms with E-state index in [1.807, 2.05) is 0 Å². The number of nitrogens with one attached hydrogen (secondary N) is 2. The third-order valence-corrected chi connectivity index (χ3v) is 3.48. The highest BCUT2D eigenvalue weighted by molar-refractivity contribution is 6.33. The van der Waals surface area contributed by atoms with Gasteiger partial charge >= 0.3 is 12.0 Å². The molecular formula is C13H15ClN2O3. The van der Waals surface area contributed by atoms with Crippen molar-refractivity contribution >= 4 is 29.3 Å². The molecule has 0 saturated heterocycles. The van der Waals surface area contributed by atoms with E-state index in [2.05, 4.69) is 17.6 Å². The summed E-state index contributed by atoms with van der Waals surface area (Å²) in [6, 6.07) is 4.23. The minimum absolute atomic E-state index is 0.0143. The third-order valence-electron chi connectivity index (χ3n) is 3.17. The summed E-state index contributed by atoms with van der Waals surface area (Å²) in [5.41, 5.74) is 0.486. The Morgan fingerprint density at radius 1 is 1.37 bits per heavy atom. The molecule has 6 heteroatoms. The monoisotopic (exact) mass is 282 g/mol. The SMILES string of the molecule is CC1CC(NC(=O)Nc2ccc(C(=O)O)c(Cl)c2)C1. The van der Waals surface area contributed by atoms with Crippen molar-refractivity contribution in [2.24, 2.45) is 5.92 Å². The molecule has 2 rings (SSSR count). The van der Waals surface area contributed by atoms with Gasteiger partial charge in [-0.3, -0.25) is 0 Å². The molecule has 102 valence electrons. The fourth-order valence-corrected chi connectivity index (χ4v) is 2.40. The van der Waals surface area contributed by atoms with Gasteiger partial charge in [0.15, 0.2) is 0 Å². The second-order valence-corrected chi connectivity index (χ2v) is 5.28. The van der Waals surface area contributed by atoms with Gasteiger partial charge in [-0.25, -0.2) is 9.59 Å². The van der Waals surface area contributed by atoms with Gasteiger partial charge < -0.3 is 15.7 Å². The minimum Gasteiger partial charge on any atom is -0.478 e. The zero-order valence-electron chi connectivity index (χ0n) is 10.4. The van der Waals surface area contributed by atoms with Crippen molar-refractivity contribution in [3.63, 3.8) is 0 Å². The van der Waals surface area contributed by atoms with Crippen LogP contribution in [0, 0.1) is 5.92 Å². The molecule has 2 amide bonds. The lowest BCUT2D eigenvalue weighted by Crippen LogP contribution is -2.45. The molecule has 1 saturated carbocycles. The molecule has 5 nitrogen and oxygen atoms in total. The van der Waals surface area contributed by atoms with Gasteiger partial charge in [0, 0.05) is 11.7 Å². The highest BCUT2D eigenvalue weighted by atomic mass is 35.5. The number of rotatable bonds is 3. The molecule has 0 spiro atoms. The fourth-order valence-electron chi connectivity index (χ4n) is 2.14. The molecule has 0 unspecified atom stereocenters. The number of carbonyl (C=O) groups is 2. The lowest BCUT2D eigenvalue weighted by Gasteiger charge is -2.33. The van der Waals surface area contributed by atoms with Gasteiger partial charge in [-0.05, 0) is 37.0 Å². The summed E-state index contributed by atoms with van der Waals surface area (Å²) in [6.07, 6.45) is 1.98. The summed E-state index contributed by atoms with van der Waals surface area (Å²) < 4.78 is 0. The molecule has 0 bridgehead atoms. The van der Waals surface area contributed by atoms with E-state index in [-0.39, 0.29) is 22.7 Å². The van der Waals surface area contributed by atoms with Gasteiger partial charge in [-0.1, -0.05) is 18.5 Å². The van der Waals surface area contributed by atoms with Crippen LogP contribution in [0.1, 0.15) is 30.1 Å². The molecule has 0 atom stereocenters. The van der Waals surface area contributed by atoms with Gasteiger partial charge in [0.25, 0.3) is 0 Å². The molecule has 0 aromatic heterocycles. The Hall–Kier alpha value is -1.75. The number of anilines is 1. The Morgan fingerprint density at radius 2 is 2.05 bits per heavy atom. The molecule has 0 radical (unpaired) electrons. The first-order valence-corrected chi connectivity index (χ1v) is 6.44. The zero-order chi connectivity index (χ0) is 14.0. The smallest absolute Gasteiger partial charge is 0.337 e. The van der Waals surface area contributed by atoms with E-state index in [0.29, 0.717) is 11.6 Å². The van der Waals surface area contributed by atoms with E-state index in [1.54, 1.807) is 0 Å². The summed E-state index contributed by atoms with van der Waals surface area (Å²) in [5.74, 6) is -0.431. The van der Waals surface area contributed by atoms with Crippen molar-refractivity contribution in [3.8, 4) is 0 Å². The van der Waals surface area contributed by atoms with Crippen LogP contribution in [0.25, 0.3) is 0 Å². The number of hydrogen-bond donors (Lipinski definition) is 3. The van der Waals surface area contributed by atoms with Crippen LogP contribution in [0.2, 0.25) is 5.02 Å². The van der Waals surface area contributed by atoms with Gasteiger partial charge in [-0.15, -0.1) is 0 Å². The normalized spacial score (nSPS) is 21.4. The maximum Gasteiger partial charge on any atom is 0.337 e. The average Bonchev–Trinajstić information content (AvgIpc) is 2.26. The Morgan fingerprint density at radius 3 is 2.58 bits per heavy atom. The number of hydrogen-bond acceptors (Lipinski definition) is 2. The van der Waals surface area contributed by atoms with E-state index in [4.69, 9.17) is 16.7 Å². The molecule has 1 aromatic carbocycles. The Balaban J connectivity index is 1.93. The first kappa shape index (κ1) is 13.7. The van der Waals surface area contributed by atoms with Crippen LogP contribution in [0.3, 0.4) is 0 Å². The van der Waals surface area contributed by atoms with Crippen molar-refractivity contribution in [2.45, 2.75) is 25.8 Å². The first-order chi connectivity index (χ1) is 8.95. The second kappa shape index (κ2) is 5.48. The number of amides is 2. The van der Waals surface area contributed by atoms with E-state index < -0.39 is 5.97 Å². The van der Waals surface area contributed by atoms with Gasteiger partial charge in [-0.2, -0.15) is 0 Å². The standard InChI is InChI=1S/C13H15ClN2O3/c1-7-4-9(5-7)16-13(19)15-8-2-3-10(12(17)18)11(14)6-8/h2-3,6-7,9H,4-5H2,1H3,(H,17,18)(H2,15,16,19). The fraction of sp³-hybridized carbons (Fsp3) is 0.385. The summed E-state index contributed by atoms with van der Waals surface area (Å²) in [7, 11) is 0. The van der Waals surface area contributed by atoms with Crippen molar-refractivity contribution in [1.82, 2.24) is 5.32 Å². The van der Waals surface area contributed by atoms with Crippen molar-refractivity contribution in [1.29, 1.82) is 0 Å². The maximum absolute atomic E-state index is 11.7. The van der Waals surface area contributed by atoms with Gasteiger partial charge in [0.05, 0.1) is 10.6 Å². The van der Waals surface area contributed by atoms with Crippen molar-refractivity contribution in [2.75, 3.05) is 5.32 Å².